The fraction of sp³-hybridized carbons (Fsp3) is 0.0909. The van der Waals surface area contributed by atoms with E-state index in [1.807, 2.05) is 0 Å². The summed E-state index contributed by atoms with van der Waals surface area (Å²) >= 11 is 3.27. The third-order valence-corrected chi connectivity index (χ3v) is 2.83. The number of halogens is 2. The van der Waals surface area contributed by atoms with Gasteiger partial charge in [0.25, 0.3) is 0 Å². The maximum absolute atomic E-state index is 13.1. The lowest BCUT2D eigenvalue weighted by molar-refractivity contribution is 0.415. The predicted octanol–water partition coefficient (Wildman–Crippen LogP) is 3.46. The number of phenols is 1. The van der Waals surface area contributed by atoms with Crippen LogP contribution in [0.15, 0.2) is 28.7 Å². The van der Waals surface area contributed by atoms with Crippen LogP contribution >= 0.6 is 15.9 Å². The summed E-state index contributed by atoms with van der Waals surface area (Å²) in [5.41, 5.74) is 0. The number of aromatic hydroxyl groups is 1. The molecule has 2 rings (SSSR count). The van der Waals surface area contributed by atoms with Crippen molar-refractivity contribution in [3.8, 4) is 11.5 Å². The molecule has 0 aliphatic carbocycles. The Morgan fingerprint density at radius 3 is 2.73 bits per heavy atom. The van der Waals surface area contributed by atoms with Crippen molar-refractivity contribution in [2.75, 3.05) is 7.11 Å². The van der Waals surface area contributed by atoms with Crippen molar-refractivity contribution in [2.45, 2.75) is 0 Å². The molecule has 0 amide bonds. The second-order valence-corrected chi connectivity index (χ2v) is 3.96. The quantitative estimate of drug-likeness (QED) is 0.860. The van der Waals surface area contributed by atoms with E-state index >= 15 is 0 Å². The molecular weight excluding hydrogens is 263 g/mol. The van der Waals surface area contributed by atoms with Crippen LogP contribution < -0.4 is 4.74 Å². The third-order valence-electron chi connectivity index (χ3n) is 2.20. The van der Waals surface area contributed by atoms with Crippen molar-refractivity contribution in [2.24, 2.45) is 0 Å². The molecule has 0 saturated carbocycles. The van der Waals surface area contributed by atoms with E-state index in [2.05, 4.69) is 15.9 Å². The van der Waals surface area contributed by atoms with Crippen molar-refractivity contribution in [1.29, 1.82) is 0 Å². The molecule has 4 heteroatoms. The molecule has 0 unspecified atom stereocenters. The van der Waals surface area contributed by atoms with E-state index in [0.29, 0.717) is 15.6 Å². The number of ether oxygens (including phenoxy) is 1. The largest absolute Gasteiger partial charge is 0.504 e. The van der Waals surface area contributed by atoms with Crippen molar-refractivity contribution >= 4 is 26.7 Å². The number of methoxy groups -OCH3 is 1. The van der Waals surface area contributed by atoms with Gasteiger partial charge in [-0.25, -0.2) is 4.39 Å². The number of fused-ring (bicyclic) bond motifs is 1. The van der Waals surface area contributed by atoms with Gasteiger partial charge in [0.05, 0.1) is 7.11 Å². The average molecular weight is 271 g/mol. The minimum atomic E-state index is -0.631. The Hall–Kier alpha value is -1.29. The van der Waals surface area contributed by atoms with E-state index in [-0.39, 0.29) is 5.75 Å². The highest BCUT2D eigenvalue weighted by atomic mass is 79.9. The van der Waals surface area contributed by atoms with E-state index in [1.54, 1.807) is 25.3 Å². The molecule has 2 aromatic carbocycles. The molecule has 0 aliphatic rings. The van der Waals surface area contributed by atoms with E-state index in [0.717, 1.165) is 5.39 Å². The van der Waals surface area contributed by atoms with Gasteiger partial charge in [-0.05, 0) is 39.5 Å². The fourth-order valence-electron chi connectivity index (χ4n) is 1.46. The summed E-state index contributed by atoms with van der Waals surface area (Å²) in [5.74, 6) is -0.323. The summed E-state index contributed by atoms with van der Waals surface area (Å²) in [4.78, 5) is 0. The zero-order valence-corrected chi connectivity index (χ0v) is 9.51. The first-order chi connectivity index (χ1) is 7.13. The predicted molar refractivity (Wildman–Crippen MR) is 59.8 cm³/mol. The first-order valence-electron chi connectivity index (χ1n) is 4.28. The molecule has 0 aliphatic heterocycles. The summed E-state index contributed by atoms with van der Waals surface area (Å²) < 4.78 is 18.8. The summed E-state index contributed by atoms with van der Waals surface area (Å²) in [6.45, 7) is 0. The standard InChI is InChI=1S/C11H8BrFO2/c1-15-7-4-6-2-3-9(13)11(14)10(6)8(12)5-7/h2-5,14H,1H3. The van der Waals surface area contributed by atoms with Crippen LogP contribution in [0.4, 0.5) is 4.39 Å². The zero-order valence-electron chi connectivity index (χ0n) is 7.92. The highest BCUT2D eigenvalue weighted by Crippen LogP contribution is 2.36. The first-order valence-corrected chi connectivity index (χ1v) is 5.07. The summed E-state index contributed by atoms with van der Waals surface area (Å²) in [5, 5.41) is 10.7. The van der Waals surface area contributed by atoms with Crippen LogP contribution in [0.3, 0.4) is 0 Å². The Morgan fingerprint density at radius 2 is 2.07 bits per heavy atom. The molecule has 2 nitrogen and oxygen atoms in total. The molecule has 1 N–H and O–H groups in total. The van der Waals surface area contributed by atoms with Crippen LogP contribution in [0.25, 0.3) is 10.8 Å². The molecule has 15 heavy (non-hydrogen) atoms. The Morgan fingerprint density at radius 1 is 1.33 bits per heavy atom. The molecule has 0 radical (unpaired) electrons. The van der Waals surface area contributed by atoms with Crippen LogP contribution in [0, 0.1) is 5.82 Å². The monoisotopic (exact) mass is 270 g/mol. The van der Waals surface area contributed by atoms with Gasteiger partial charge in [-0.2, -0.15) is 0 Å². The Bertz CT molecular complexity index is 525. The Labute approximate surface area is 94.4 Å². The number of hydrogen-bond donors (Lipinski definition) is 1. The Balaban J connectivity index is 2.85. The highest BCUT2D eigenvalue weighted by molar-refractivity contribution is 9.10. The number of benzene rings is 2. The average Bonchev–Trinajstić information content (AvgIpc) is 2.23. The van der Waals surface area contributed by atoms with Gasteiger partial charge in [0.15, 0.2) is 11.6 Å². The van der Waals surface area contributed by atoms with Gasteiger partial charge in [-0.15, -0.1) is 0 Å². The molecule has 0 bridgehead atoms. The molecule has 2 aromatic rings. The molecular formula is C11H8BrFO2. The van der Waals surface area contributed by atoms with Crippen LogP contribution in [-0.4, -0.2) is 12.2 Å². The molecule has 0 atom stereocenters. The van der Waals surface area contributed by atoms with E-state index in [1.165, 1.54) is 6.07 Å². The summed E-state index contributed by atoms with van der Waals surface area (Å²) in [6, 6.07) is 6.24. The van der Waals surface area contributed by atoms with Crippen LogP contribution in [0.2, 0.25) is 0 Å². The van der Waals surface area contributed by atoms with E-state index < -0.39 is 5.82 Å². The number of rotatable bonds is 1. The lowest BCUT2D eigenvalue weighted by Gasteiger charge is -2.07. The smallest absolute Gasteiger partial charge is 0.165 e. The van der Waals surface area contributed by atoms with Gasteiger partial charge in [0.1, 0.15) is 5.75 Å². The van der Waals surface area contributed by atoms with Crippen molar-refractivity contribution < 1.29 is 14.2 Å². The first kappa shape index (κ1) is 10.2. The van der Waals surface area contributed by atoms with Crippen molar-refractivity contribution in [3.05, 3.63) is 34.6 Å². The lowest BCUT2D eigenvalue weighted by atomic mass is 10.1. The second kappa shape index (κ2) is 3.70. The Kier molecular flexibility index (Phi) is 2.52. The van der Waals surface area contributed by atoms with Crippen molar-refractivity contribution in [3.63, 3.8) is 0 Å². The van der Waals surface area contributed by atoms with Crippen molar-refractivity contribution in [1.82, 2.24) is 0 Å². The number of hydrogen-bond acceptors (Lipinski definition) is 2. The zero-order chi connectivity index (χ0) is 11.0. The maximum atomic E-state index is 13.1. The topological polar surface area (TPSA) is 29.5 Å². The van der Waals surface area contributed by atoms with E-state index in [9.17, 15) is 9.50 Å². The van der Waals surface area contributed by atoms with Gasteiger partial charge in [0.2, 0.25) is 0 Å². The fourth-order valence-corrected chi connectivity index (χ4v) is 2.10. The van der Waals surface area contributed by atoms with E-state index in [4.69, 9.17) is 4.74 Å². The van der Waals surface area contributed by atoms with Crippen LogP contribution in [0.5, 0.6) is 11.5 Å². The normalized spacial score (nSPS) is 10.6. The third kappa shape index (κ3) is 1.65. The van der Waals surface area contributed by atoms with Crippen LogP contribution in [-0.2, 0) is 0 Å². The van der Waals surface area contributed by atoms with Gasteiger partial charge >= 0.3 is 0 Å². The lowest BCUT2D eigenvalue weighted by Crippen LogP contribution is -1.86. The minimum absolute atomic E-state index is 0.345. The molecule has 0 saturated heterocycles. The molecule has 0 spiro atoms. The molecule has 0 heterocycles. The molecule has 0 aromatic heterocycles. The molecule has 78 valence electrons. The van der Waals surface area contributed by atoms with Gasteiger partial charge in [-0.1, -0.05) is 6.07 Å². The molecule has 0 fully saturated rings. The van der Waals surface area contributed by atoms with Gasteiger partial charge in [-0.3, -0.25) is 0 Å². The van der Waals surface area contributed by atoms with Crippen LogP contribution in [0.1, 0.15) is 0 Å². The number of phenolic OH excluding ortho intramolecular Hbond substituents is 1. The SMILES string of the molecule is COc1cc(Br)c2c(O)c(F)ccc2c1. The minimum Gasteiger partial charge on any atom is -0.504 e. The second-order valence-electron chi connectivity index (χ2n) is 3.10. The van der Waals surface area contributed by atoms with Gasteiger partial charge < -0.3 is 9.84 Å². The summed E-state index contributed by atoms with van der Waals surface area (Å²) in [6.07, 6.45) is 0. The van der Waals surface area contributed by atoms with Gasteiger partial charge in [0, 0.05) is 9.86 Å². The highest BCUT2D eigenvalue weighted by Gasteiger charge is 2.10. The maximum Gasteiger partial charge on any atom is 0.165 e. The summed E-state index contributed by atoms with van der Waals surface area (Å²) in [7, 11) is 1.55.